The summed E-state index contributed by atoms with van der Waals surface area (Å²) in [7, 11) is -3.76. The van der Waals surface area contributed by atoms with E-state index >= 15 is 0 Å². The number of rotatable bonds is 7. The highest BCUT2D eigenvalue weighted by atomic mass is 32.2. The number of hydrogen-bond acceptors (Lipinski definition) is 6. The Kier molecular flexibility index (Phi) is 6.00. The molecule has 0 bridgehead atoms. The molecule has 3 aliphatic rings. The van der Waals surface area contributed by atoms with Crippen LogP contribution in [0.5, 0.6) is 11.5 Å². The predicted octanol–water partition coefficient (Wildman–Crippen LogP) is 3.35. The van der Waals surface area contributed by atoms with E-state index in [1.165, 1.54) is 4.31 Å². The number of aryl methyl sites for hydroxylation is 1. The summed E-state index contributed by atoms with van der Waals surface area (Å²) in [6, 6.07) is 18.5. The van der Waals surface area contributed by atoms with E-state index in [9.17, 15) is 18.0 Å². The molecule has 0 unspecified atom stereocenters. The second-order valence-corrected chi connectivity index (χ2v) is 12.1. The SMILES string of the molecule is Cc1ccc(CC(=O)C2(c3ccc4c(c3)OCO4)CC2)cc1-c1ccc(S(=O)(=O)N2CCNC(=O)C2)cc1. The van der Waals surface area contributed by atoms with E-state index in [1.807, 2.05) is 43.3 Å². The van der Waals surface area contributed by atoms with Crippen LogP contribution in [0.1, 0.15) is 29.5 Å². The molecule has 196 valence electrons. The first kappa shape index (κ1) is 24.6. The lowest BCUT2D eigenvalue weighted by atomic mass is 9.87. The average molecular weight is 533 g/mol. The van der Waals surface area contributed by atoms with Crippen molar-refractivity contribution in [3.05, 3.63) is 77.4 Å². The number of benzene rings is 3. The molecule has 1 saturated heterocycles. The van der Waals surface area contributed by atoms with E-state index in [0.29, 0.717) is 24.5 Å². The third-order valence-electron chi connectivity index (χ3n) is 7.68. The normalized spacial score (nSPS) is 18.2. The van der Waals surface area contributed by atoms with Gasteiger partial charge in [-0.3, -0.25) is 9.59 Å². The molecule has 0 aromatic heterocycles. The van der Waals surface area contributed by atoms with Crippen LogP contribution in [0.3, 0.4) is 0 Å². The van der Waals surface area contributed by atoms with Crippen LogP contribution in [0.25, 0.3) is 11.1 Å². The highest BCUT2D eigenvalue weighted by Crippen LogP contribution is 2.51. The summed E-state index contributed by atoms with van der Waals surface area (Å²) >= 11 is 0. The number of amides is 1. The van der Waals surface area contributed by atoms with Crippen molar-refractivity contribution in [1.29, 1.82) is 0 Å². The fourth-order valence-corrected chi connectivity index (χ4v) is 6.67. The Balaban J connectivity index is 1.21. The van der Waals surface area contributed by atoms with Gasteiger partial charge in [0.25, 0.3) is 0 Å². The summed E-state index contributed by atoms with van der Waals surface area (Å²) in [6.45, 7) is 2.57. The highest BCUT2D eigenvalue weighted by molar-refractivity contribution is 7.89. The maximum absolute atomic E-state index is 13.5. The van der Waals surface area contributed by atoms with Gasteiger partial charge in [0.2, 0.25) is 22.7 Å². The largest absolute Gasteiger partial charge is 0.454 e. The number of fused-ring (bicyclic) bond motifs is 1. The summed E-state index contributed by atoms with van der Waals surface area (Å²) < 4.78 is 38.1. The summed E-state index contributed by atoms with van der Waals surface area (Å²) in [4.78, 5) is 25.3. The summed E-state index contributed by atoms with van der Waals surface area (Å²) in [5.74, 6) is 1.27. The second-order valence-electron chi connectivity index (χ2n) is 10.1. The molecule has 0 radical (unpaired) electrons. The number of nitrogens with zero attached hydrogens (tertiary/aromatic N) is 1. The Hall–Kier alpha value is -3.69. The van der Waals surface area contributed by atoms with Crippen molar-refractivity contribution >= 4 is 21.7 Å². The smallest absolute Gasteiger partial charge is 0.243 e. The summed E-state index contributed by atoms with van der Waals surface area (Å²) in [5.41, 5.74) is 4.25. The molecule has 1 aliphatic carbocycles. The zero-order valence-electron chi connectivity index (χ0n) is 21.0. The van der Waals surface area contributed by atoms with E-state index < -0.39 is 15.4 Å². The number of nitrogens with one attached hydrogen (secondary N) is 1. The van der Waals surface area contributed by atoms with Crippen LogP contribution in [-0.2, 0) is 31.4 Å². The Morgan fingerprint density at radius 2 is 1.76 bits per heavy atom. The molecule has 3 aromatic rings. The number of Topliss-reactive ketones (excluding diaryl/α,β-unsaturated/α-hetero) is 1. The lowest BCUT2D eigenvalue weighted by molar-refractivity contribution is -0.122. The molecule has 0 spiro atoms. The quantitative estimate of drug-likeness (QED) is 0.501. The molecule has 2 heterocycles. The van der Waals surface area contributed by atoms with Crippen LogP contribution < -0.4 is 14.8 Å². The van der Waals surface area contributed by atoms with E-state index in [1.54, 1.807) is 24.3 Å². The number of sulfonamides is 1. The maximum atomic E-state index is 13.5. The number of ketones is 1. The zero-order valence-corrected chi connectivity index (χ0v) is 21.8. The van der Waals surface area contributed by atoms with E-state index in [0.717, 1.165) is 40.7 Å². The second kappa shape index (κ2) is 9.25. The van der Waals surface area contributed by atoms with Crippen molar-refractivity contribution in [2.45, 2.75) is 36.5 Å². The van der Waals surface area contributed by atoms with Crippen LogP contribution in [0.2, 0.25) is 0 Å². The molecule has 38 heavy (non-hydrogen) atoms. The first-order valence-corrected chi connectivity index (χ1v) is 14.1. The van der Waals surface area contributed by atoms with Crippen molar-refractivity contribution in [2.75, 3.05) is 26.4 Å². The van der Waals surface area contributed by atoms with Crippen LogP contribution in [-0.4, -0.2) is 50.8 Å². The van der Waals surface area contributed by atoms with Gasteiger partial charge in [0.15, 0.2) is 11.5 Å². The topological polar surface area (TPSA) is 102 Å². The summed E-state index contributed by atoms with van der Waals surface area (Å²) in [6.07, 6.45) is 1.95. The molecule has 1 saturated carbocycles. The van der Waals surface area contributed by atoms with Crippen LogP contribution in [0.4, 0.5) is 0 Å². The van der Waals surface area contributed by atoms with Gasteiger partial charge in [-0.1, -0.05) is 36.4 Å². The molecule has 2 fully saturated rings. The first-order valence-electron chi connectivity index (χ1n) is 12.7. The third-order valence-corrected chi connectivity index (χ3v) is 9.54. The number of hydrogen-bond donors (Lipinski definition) is 1. The van der Waals surface area contributed by atoms with Gasteiger partial charge in [0.1, 0.15) is 5.78 Å². The summed E-state index contributed by atoms with van der Waals surface area (Å²) in [5, 5.41) is 2.64. The fourth-order valence-electron chi connectivity index (χ4n) is 5.27. The Morgan fingerprint density at radius 1 is 1.00 bits per heavy atom. The van der Waals surface area contributed by atoms with Gasteiger partial charge >= 0.3 is 0 Å². The van der Waals surface area contributed by atoms with E-state index in [2.05, 4.69) is 5.32 Å². The van der Waals surface area contributed by atoms with Gasteiger partial charge in [-0.05, 0) is 71.8 Å². The molecule has 3 aromatic carbocycles. The minimum absolute atomic E-state index is 0.152. The van der Waals surface area contributed by atoms with Crippen molar-refractivity contribution in [1.82, 2.24) is 9.62 Å². The standard InChI is InChI=1S/C29H28N2O6S/c1-19-2-3-20(15-27(32)29(10-11-29)22-6-9-25-26(16-22)37-18-36-25)14-24(19)21-4-7-23(8-5-21)38(34,35)31-13-12-30-28(33)17-31/h2-9,14,16H,10-13,15,17-18H2,1H3,(H,30,33). The number of piperazine rings is 1. The number of carbonyl (C=O) groups excluding carboxylic acids is 2. The van der Waals surface area contributed by atoms with Crippen molar-refractivity contribution < 1.29 is 27.5 Å². The molecule has 1 N–H and O–H groups in total. The van der Waals surface area contributed by atoms with Crippen molar-refractivity contribution in [3.8, 4) is 22.6 Å². The Labute approximate surface area is 221 Å². The highest BCUT2D eigenvalue weighted by Gasteiger charge is 2.50. The minimum Gasteiger partial charge on any atom is -0.454 e. The molecule has 6 rings (SSSR count). The number of carbonyl (C=O) groups is 2. The molecule has 0 atom stereocenters. The fraction of sp³-hybridized carbons (Fsp3) is 0.310. The van der Waals surface area contributed by atoms with Gasteiger partial charge in [-0.25, -0.2) is 8.42 Å². The van der Waals surface area contributed by atoms with Crippen LogP contribution in [0, 0.1) is 6.92 Å². The molecule has 2 aliphatic heterocycles. The maximum Gasteiger partial charge on any atom is 0.243 e. The Bertz CT molecular complexity index is 1540. The van der Waals surface area contributed by atoms with Gasteiger partial charge < -0.3 is 14.8 Å². The predicted molar refractivity (Wildman–Crippen MR) is 141 cm³/mol. The Morgan fingerprint density at radius 3 is 2.50 bits per heavy atom. The lowest BCUT2D eigenvalue weighted by Gasteiger charge is -2.26. The first-order chi connectivity index (χ1) is 18.3. The molecular formula is C29H28N2O6S. The van der Waals surface area contributed by atoms with E-state index in [-0.39, 0.29) is 36.5 Å². The van der Waals surface area contributed by atoms with Gasteiger partial charge in [-0.15, -0.1) is 0 Å². The zero-order chi connectivity index (χ0) is 26.5. The lowest BCUT2D eigenvalue weighted by Crippen LogP contribution is -2.49. The number of ether oxygens (including phenoxy) is 2. The molecule has 8 nitrogen and oxygen atoms in total. The average Bonchev–Trinajstić information content (AvgIpc) is 3.60. The van der Waals surface area contributed by atoms with Gasteiger partial charge in [0.05, 0.1) is 16.9 Å². The van der Waals surface area contributed by atoms with Crippen LogP contribution >= 0.6 is 0 Å². The molecular weight excluding hydrogens is 504 g/mol. The minimum atomic E-state index is -3.76. The molecule has 9 heteroatoms. The van der Waals surface area contributed by atoms with Crippen molar-refractivity contribution in [2.24, 2.45) is 0 Å². The monoisotopic (exact) mass is 532 g/mol. The third kappa shape index (κ3) is 4.35. The van der Waals surface area contributed by atoms with Crippen molar-refractivity contribution in [3.63, 3.8) is 0 Å². The van der Waals surface area contributed by atoms with Gasteiger partial charge in [-0.2, -0.15) is 4.31 Å². The molecule has 1 amide bonds. The van der Waals surface area contributed by atoms with E-state index in [4.69, 9.17) is 9.47 Å². The van der Waals surface area contributed by atoms with Gasteiger partial charge in [0, 0.05) is 19.5 Å². The van der Waals surface area contributed by atoms with Crippen LogP contribution in [0.15, 0.2) is 65.6 Å².